The fourth-order valence-electron chi connectivity index (χ4n) is 2.94. The zero-order chi connectivity index (χ0) is 19.9. The van der Waals surface area contributed by atoms with Crippen LogP contribution in [0.4, 0.5) is 5.69 Å². The van der Waals surface area contributed by atoms with Crippen molar-refractivity contribution in [3.8, 4) is 11.5 Å². The molecule has 0 bridgehead atoms. The van der Waals surface area contributed by atoms with Gasteiger partial charge in [-0.2, -0.15) is 0 Å². The van der Waals surface area contributed by atoms with Gasteiger partial charge in [-0.15, -0.1) is 0 Å². The summed E-state index contributed by atoms with van der Waals surface area (Å²) in [5.41, 5.74) is 2.45. The molecule has 3 rings (SSSR count). The fraction of sp³-hybridized carbons (Fsp3) is 0.182. The lowest BCUT2D eigenvalue weighted by atomic mass is 9.91. The third-order valence-corrected chi connectivity index (χ3v) is 4.69. The molecule has 2 aromatic carbocycles. The van der Waals surface area contributed by atoms with Crippen molar-refractivity contribution < 1.29 is 14.3 Å². The molecule has 1 heterocycles. The number of carbonyl (C=O) groups is 1. The Hall–Kier alpha value is -3.05. The molecule has 28 heavy (non-hydrogen) atoms. The molecule has 144 valence electrons. The Labute approximate surface area is 169 Å². The molecule has 0 saturated heterocycles. The van der Waals surface area contributed by atoms with Crippen LogP contribution in [-0.4, -0.2) is 25.1 Å². The minimum absolute atomic E-state index is 0.148. The van der Waals surface area contributed by atoms with E-state index >= 15 is 0 Å². The van der Waals surface area contributed by atoms with E-state index in [4.69, 9.17) is 21.1 Å². The van der Waals surface area contributed by atoms with Crippen LogP contribution >= 0.6 is 11.6 Å². The number of pyridine rings is 1. The molecule has 6 heteroatoms. The second-order valence-electron chi connectivity index (χ2n) is 6.22. The first-order chi connectivity index (χ1) is 13.6. The Morgan fingerprint density at radius 2 is 1.75 bits per heavy atom. The summed E-state index contributed by atoms with van der Waals surface area (Å²) in [6.45, 7) is 0. The van der Waals surface area contributed by atoms with Gasteiger partial charge in [-0.25, -0.2) is 0 Å². The standard InChI is InChI=1S/C22H21ClN2O3/c1-27-18-7-8-21(28-2)20(14-18)25-22(26)19(13-15-9-11-24-12-10-15)16-3-5-17(23)6-4-16/h3-12,14,19H,13H2,1-2H3,(H,25,26). The molecule has 0 radical (unpaired) electrons. The van der Waals surface area contributed by atoms with E-state index in [1.807, 2.05) is 24.3 Å². The highest BCUT2D eigenvalue weighted by atomic mass is 35.5. The van der Waals surface area contributed by atoms with Gasteiger partial charge < -0.3 is 14.8 Å². The van der Waals surface area contributed by atoms with E-state index in [1.54, 1.807) is 56.9 Å². The Kier molecular flexibility index (Phi) is 6.50. The predicted octanol–water partition coefficient (Wildman–Crippen LogP) is 4.72. The normalized spacial score (nSPS) is 11.5. The fourth-order valence-corrected chi connectivity index (χ4v) is 3.07. The maximum atomic E-state index is 13.2. The Morgan fingerprint density at radius 3 is 2.39 bits per heavy atom. The predicted molar refractivity (Wildman–Crippen MR) is 110 cm³/mol. The molecule has 0 spiro atoms. The van der Waals surface area contributed by atoms with E-state index in [2.05, 4.69) is 10.3 Å². The maximum absolute atomic E-state index is 13.2. The van der Waals surface area contributed by atoms with Crippen molar-refractivity contribution in [1.82, 2.24) is 4.98 Å². The number of rotatable bonds is 7. The lowest BCUT2D eigenvalue weighted by Crippen LogP contribution is -2.23. The SMILES string of the molecule is COc1ccc(OC)c(NC(=O)C(Cc2ccncc2)c2ccc(Cl)cc2)c1. The van der Waals surface area contributed by atoms with E-state index in [1.165, 1.54) is 0 Å². The van der Waals surface area contributed by atoms with Crippen LogP contribution in [0.5, 0.6) is 11.5 Å². The molecular weight excluding hydrogens is 376 g/mol. The van der Waals surface area contributed by atoms with Gasteiger partial charge in [0.15, 0.2) is 0 Å². The molecule has 0 saturated carbocycles. The zero-order valence-corrected chi connectivity index (χ0v) is 16.4. The topological polar surface area (TPSA) is 60.5 Å². The third kappa shape index (κ3) is 4.81. The highest BCUT2D eigenvalue weighted by molar-refractivity contribution is 6.30. The number of hydrogen-bond donors (Lipinski definition) is 1. The number of hydrogen-bond acceptors (Lipinski definition) is 4. The first-order valence-electron chi connectivity index (χ1n) is 8.78. The second-order valence-corrected chi connectivity index (χ2v) is 6.66. The van der Waals surface area contributed by atoms with E-state index in [9.17, 15) is 4.79 Å². The van der Waals surface area contributed by atoms with E-state index in [0.29, 0.717) is 28.6 Å². The molecule has 0 aliphatic carbocycles. The number of benzene rings is 2. The van der Waals surface area contributed by atoms with Crippen LogP contribution < -0.4 is 14.8 Å². The summed E-state index contributed by atoms with van der Waals surface area (Å²) in [6, 6.07) is 16.4. The minimum Gasteiger partial charge on any atom is -0.497 e. The van der Waals surface area contributed by atoms with Gasteiger partial charge in [-0.3, -0.25) is 9.78 Å². The van der Waals surface area contributed by atoms with Crippen LogP contribution in [0.1, 0.15) is 17.0 Å². The van der Waals surface area contributed by atoms with Gasteiger partial charge in [-0.05, 0) is 53.9 Å². The average molecular weight is 397 g/mol. The minimum atomic E-state index is -0.407. The molecule has 3 aromatic rings. The maximum Gasteiger partial charge on any atom is 0.232 e. The van der Waals surface area contributed by atoms with Crippen molar-refractivity contribution in [3.63, 3.8) is 0 Å². The van der Waals surface area contributed by atoms with Crippen molar-refractivity contribution in [1.29, 1.82) is 0 Å². The van der Waals surface area contributed by atoms with Crippen LogP contribution in [0.25, 0.3) is 0 Å². The third-order valence-electron chi connectivity index (χ3n) is 4.44. The Bertz CT molecular complexity index is 930. The van der Waals surface area contributed by atoms with Crippen LogP contribution in [0.2, 0.25) is 5.02 Å². The van der Waals surface area contributed by atoms with Crippen molar-refractivity contribution in [2.45, 2.75) is 12.3 Å². The molecule has 5 nitrogen and oxygen atoms in total. The number of carbonyl (C=O) groups excluding carboxylic acids is 1. The molecule has 0 fully saturated rings. The number of anilines is 1. The summed E-state index contributed by atoms with van der Waals surface area (Å²) in [6.07, 6.45) is 3.97. The first-order valence-corrected chi connectivity index (χ1v) is 9.15. The van der Waals surface area contributed by atoms with Crippen LogP contribution in [0, 0.1) is 0 Å². The Morgan fingerprint density at radius 1 is 1.04 bits per heavy atom. The number of amides is 1. The number of halogens is 1. The molecule has 0 aliphatic rings. The van der Waals surface area contributed by atoms with Gasteiger partial charge >= 0.3 is 0 Å². The second kappa shape index (κ2) is 9.24. The highest BCUT2D eigenvalue weighted by Gasteiger charge is 2.22. The van der Waals surface area contributed by atoms with Crippen molar-refractivity contribution >= 4 is 23.2 Å². The average Bonchev–Trinajstić information content (AvgIpc) is 2.73. The van der Waals surface area contributed by atoms with E-state index in [0.717, 1.165) is 11.1 Å². The van der Waals surface area contributed by atoms with Crippen LogP contribution in [0.3, 0.4) is 0 Å². The largest absolute Gasteiger partial charge is 0.497 e. The molecule has 1 atom stereocenters. The summed E-state index contributed by atoms with van der Waals surface area (Å²) in [5, 5.41) is 3.60. The van der Waals surface area contributed by atoms with Crippen LogP contribution in [0.15, 0.2) is 67.0 Å². The van der Waals surface area contributed by atoms with Gasteiger partial charge in [0, 0.05) is 23.5 Å². The molecular formula is C22H21ClN2O3. The Balaban J connectivity index is 1.91. The van der Waals surface area contributed by atoms with Crippen LogP contribution in [-0.2, 0) is 11.2 Å². The molecule has 1 amide bonds. The quantitative estimate of drug-likeness (QED) is 0.627. The molecule has 0 aliphatic heterocycles. The monoisotopic (exact) mass is 396 g/mol. The number of methoxy groups -OCH3 is 2. The summed E-state index contributed by atoms with van der Waals surface area (Å²) in [4.78, 5) is 17.3. The lowest BCUT2D eigenvalue weighted by molar-refractivity contribution is -0.117. The van der Waals surface area contributed by atoms with Gasteiger partial charge in [-0.1, -0.05) is 23.7 Å². The van der Waals surface area contributed by atoms with Crippen molar-refractivity contribution in [2.75, 3.05) is 19.5 Å². The summed E-state index contributed by atoms with van der Waals surface area (Å²) >= 11 is 6.02. The highest BCUT2D eigenvalue weighted by Crippen LogP contribution is 2.31. The van der Waals surface area contributed by atoms with Gasteiger partial charge in [0.1, 0.15) is 11.5 Å². The van der Waals surface area contributed by atoms with Gasteiger partial charge in [0.05, 0.1) is 25.8 Å². The van der Waals surface area contributed by atoms with Gasteiger partial charge in [0.2, 0.25) is 5.91 Å². The zero-order valence-electron chi connectivity index (χ0n) is 15.7. The lowest BCUT2D eigenvalue weighted by Gasteiger charge is -2.19. The summed E-state index contributed by atoms with van der Waals surface area (Å²) in [5.74, 6) is 0.641. The number of aromatic nitrogens is 1. The molecule has 1 N–H and O–H groups in total. The van der Waals surface area contributed by atoms with E-state index in [-0.39, 0.29) is 5.91 Å². The summed E-state index contributed by atoms with van der Waals surface area (Å²) < 4.78 is 10.6. The summed E-state index contributed by atoms with van der Waals surface area (Å²) in [7, 11) is 3.14. The molecule has 1 unspecified atom stereocenters. The molecule has 1 aromatic heterocycles. The van der Waals surface area contributed by atoms with E-state index < -0.39 is 5.92 Å². The smallest absolute Gasteiger partial charge is 0.232 e. The van der Waals surface area contributed by atoms with Crippen molar-refractivity contribution in [3.05, 3.63) is 83.1 Å². The first kappa shape index (κ1) is 19.7. The number of ether oxygens (including phenoxy) is 2. The number of nitrogens with one attached hydrogen (secondary N) is 1. The number of nitrogens with zero attached hydrogens (tertiary/aromatic N) is 1. The van der Waals surface area contributed by atoms with Crippen molar-refractivity contribution in [2.24, 2.45) is 0 Å². The van der Waals surface area contributed by atoms with Gasteiger partial charge in [0.25, 0.3) is 0 Å².